The normalized spacial score (nSPS) is 11.2. The maximum atomic E-state index is 8.88. The number of hydrogen-bond acceptors (Lipinski definition) is 4. The fourth-order valence-electron chi connectivity index (χ4n) is 1.000. The van der Waals surface area contributed by atoms with Gasteiger partial charge in [-0.1, -0.05) is 13.3 Å². The van der Waals surface area contributed by atoms with Crippen molar-refractivity contribution in [1.82, 2.24) is 4.90 Å². The summed E-state index contributed by atoms with van der Waals surface area (Å²) in [5.74, 6) is 0. The van der Waals surface area contributed by atoms with Crippen LogP contribution in [-0.4, -0.2) is 62.6 Å². The van der Waals surface area contributed by atoms with Crippen molar-refractivity contribution >= 4 is 7.82 Å². The highest BCUT2D eigenvalue weighted by Crippen LogP contribution is 2.25. The molecule has 0 amide bonds. The summed E-state index contributed by atoms with van der Waals surface area (Å²) < 4.78 is 8.88. The van der Waals surface area contributed by atoms with E-state index in [4.69, 9.17) is 29.5 Å². The number of hydrogen-bond donors (Lipinski definition) is 5. The first-order valence-electron chi connectivity index (χ1n) is 5.07. The topological polar surface area (TPSA) is 121 Å². The summed E-state index contributed by atoms with van der Waals surface area (Å²) in [7, 11) is -4.64. The Morgan fingerprint density at radius 3 is 1.62 bits per heavy atom. The molecule has 0 aliphatic rings. The predicted molar refractivity (Wildman–Crippen MR) is 59.8 cm³/mol. The zero-order valence-electron chi connectivity index (χ0n) is 9.49. The lowest BCUT2D eigenvalue weighted by molar-refractivity contribution is 0.159. The molecule has 5 N–H and O–H groups in total. The first-order chi connectivity index (χ1) is 7.35. The van der Waals surface area contributed by atoms with Gasteiger partial charge in [0.25, 0.3) is 0 Å². The molecule has 0 aromatic heterocycles. The molecular weight excluding hydrogens is 237 g/mol. The third kappa shape index (κ3) is 23.7. The minimum Gasteiger partial charge on any atom is -0.395 e. The lowest BCUT2D eigenvalue weighted by Gasteiger charge is -2.19. The molecule has 7 nitrogen and oxygen atoms in total. The summed E-state index contributed by atoms with van der Waals surface area (Å²) in [4.78, 5) is 23.6. The zero-order valence-corrected chi connectivity index (χ0v) is 10.4. The minimum absolute atomic E-state index is 0.184. The highest BCUT2D eigenvalue weighted by atomic mass is 31.2. The molecule has 0 radical (unpaired) electrons. The Kier molecular flexibility index (Phi) is 13.2. The molecular formula is C8H22NO6P. The standard InChI is InChI=1S/C8H19NO2.H3O4P/c1-2-3-4-9(5-7-10)6-8-11;1-5(2,3)4/h10-11H,2-8H2,1H3;(H3,1,2,3,4). The van der Waals surface area contributed by atoms with E-state index in [2.05, 4.69) is 11.8 Å². The lowest BCUT2D eigenvalue weighted by atomic mass is 10.3. The second kappa shape index (κ2) is 11.5. The fourth-order valence-corrected chi connectivity index (χ4v) is 1.000. The van der Waals surface area contributed by atoms with Crippen LogP contribution in [-0.2, 0) is 4.57 Å². The molecule has 0 fully saturated rings. The first kappa shape index (κ1) is 18.4. The van der Waals surface area contributed by atoms with Gasteiger partial charge in [-0.05, 0) is 13.0 Å². The second-order valence-corrected chi connectivity index (χ2v) is 4.18. The van der Waals surface area contributed by atoms with Crippen LogP contribution >= 0.6 is 7.82 Å². The van der Waals surface area contributed by atoms with E-state index in [0.29, 0.717) is 13.1 Å². The zero-order chi connectivity index (χ0) is 13.0. The molecule has 0 bridgehead atoms. The monoisotopic (exact) mass is 259 g/mol. The van der Waals surface area contributed by atoms with Crippen LogP contribution in [0.3, 0.4) is 0 Å². The van der Waals surface area contributed by atoms with Gasteiger partial charge >= 0.3 is 7.82 Å². The van der Waals surface area contributed by atoms with Crippen LogP contribution in [0, 0.1) is 0 Å². The van der Waals surface area contributed by atoms with Gasteiger partial charge in [-0.25, -0.2) is 4.57 Å². The molecule has 0 unspecified atom stereocenters. The van der Waals surface area contributed by atoms with Crippen LogP contribution < -0.4 is 0 Å². The second-order valence-electron chi connectivity index (χ2n) is 3.16. The Bertz CT molecular complexity index is 171. The number of aliphatic hydroxyl groups is 2. The van der Waals surface area contributed by atoms with Gasteiger partial charge in [0.2, 0.25) is 0 Å². The largest absolute Gasteiger partial charge is 0.466 e. The maximum Gasteiger partial charge on any atom is 0.466 e. The smallest absolute Gasteiger partial charge is 0.395 e. The third-order valence-corrected chi connectivity index (χ3v) is 1.66. The molecule has 0 aliphatic carbocycles. The molecule has 8 heteroatoms. The van der Waals surface area contributed by atoms with E-state index in [1.807, 2.05) is 0 Å². The van der Waals surface area contributed by atoms with E-state index in [0.717, 1.165) is 19.4 Å². The van der Waals surface area contributed by atoms with Gasteiger partial charge in [0, 0.05) is 13.1 Å². The Morgan fingerprint density at radius 1 is 1.00 bits per heavy atom. The average Bonchev–Trinajstić information content (AvgIpc) is 2.12. The van der Waals surface area contributed by atoms with Crippen molar-refractivity contribution in [3.8, 4) is 0 Å². The fraction of sp³-hybridized carbons (Fsp3) is 1.00. The van der Waals surface area contributed by atoms with Crippen molar-refractivity contribution in [2.45, 2.75) is 19.8 Å². The van der Waals surface area contributed by atoms with Gasteiger partial charge in [0.1, 0.15) is 0 Å². The van der Waals surface area contributed by atoms with E-state index in [-0.39, 0.29) is 13.2 Å². The number of unbranched alkanes of at least 4 members (excludes halogenated alkanes) is 1. The van der Waals surface area contributed by atoms with Gasteiger partial charge < -0.3 is 24.9 Å². The SMILES string of the molecule is CCCCN(CCO)CCO.O=P(O)(O)O. The van der Waals surface area contributed by atoms with Crippen molar-refractivity contribution in [3.63, 3.8) is 0 Å². The molecule has 0 heterocycles. The van der Waals surface area contributed by atoms with E-state index in [1.165, 1.54) is 0 Å². The van der Waals surface area contributed by atoms with Crippen molar-refractivity contribution in [1.29, 1.82) is 0 Å². The van der Waals surface area contributed by atoms with Crippen LogP contribution in [0.15, 0.2) is 0 Å². The molecule has 0 aromatic carbocycles. The van der Waals surface area contributed by atoms with Crippen molar-refractivity contribution < 1.29 is 29.5 Å². The molecule has 16 heavy (non-hydrogen) atoms. The van der Waals surface area contributed by atoms with Gasteiger partial charge in [-0.15, -0.1) is 0 Å². The van der Waals surface area contributed by atoms with Gasteiger partial charge in [-0.3, -0.25) is 4.90 Å². The molecule has 0 saturated heterocycles. The highest BCUT2D eigenvalue weighted by molar-refractivity contribution is 7.45. The average molecular weight is 259 g/mol. The summed E-state index contributed by atoms with van der Waals surface area (Å²) in [5, 5.41) is 17.3. The summed E-state index contributed by atoms with van der Waals surface area (Å²) in [6.45, 7) is 4.85. The van der Waals surface area contributed by atoms with Crippen molar-refractivity contribution in [2.24, 2.45) is 0 Å². The summed E-state index contributed by atoms with van der Waals surface area (Å²) in [6.07, 6.45) is 2.30. The summed E-state index contributed by atoms with van der Waals surface area (Å²) in [5.41, 5.74) is 0. The number of phosphoric acid groups is 1. The van der Waals surface area contributed by atoms with E-state index >= 15 is 0 Å². The molecule has 0 saturated carbocycles. The maximum absolute atomic E-state index is 8.88. The van der Waals surface area contributed by atoms with Crippen LogP contribution in [0.5, 0.6) is 0 Å². The van der Waals surface area contributed by atoms with Crippen molar-refractivity contribution in [3.05, 3.63) is 0 Å². The molecule has 0 atom stereocenters. The summed E-state index contributed by atoms with van der Waals surface area (Å²) in [6, 6.07) is 0. The quantitative estimate of drug-likeness (QED) is 0.377. The summed E-state index contributed by atoms with van der Waals surface area (Å²) >= 11 is 0. The van der Waals surface area contributed by atoms with Gasteiger partial charge in [0.05, 0.1) is 13.2 Å². The minimum atomic E-state index is -4.64. The van der Waals surface area contributed by atoms with Gasteiger partial charge in [0.15, 0.2) is 0 Å². The van der Waals surface area contributed by atoms with E-state index in [9.17, 15) is 0 Å². The first-order valence-corrected chi connectivity index (χ1v) is 6.64. The Morgan fingerprint density at radius 2 is 1.38 bits per heavy atom. The van der Waals surface area contributed by atoms with Gasteiger partial charge in [-0.2, -0.15) is 0 Å². The van der Waals surface area contributed by atoms with Crippen LogP contribution in [0.25, 0.3) is 0 Å². The molecule has 100 valence electrons. The Labute approximate surface area is 95.6 Å². The molecule has 0 aliphatic heterocycles. The number of aliphatic hydroxyl groups excluding tert-OH is 2. The Hall–Kier alpha value is -0.0100. The number of rotatable bonds is 7. The van der Waals surface area contributed by atoms with Crippen LogP contribution in [0.4, 0.5) is 0 Å². The van der Waals surface area contributed by atoms with E-state index in [1.54, 1.807) is 0 Å². The lowest BCUT2D eigenvalue weighted by Crippen LogP contribution is -2.30. The molecule has 0 spiro atoms. The molecule has 0 aromatic rings. The van der Waals surface area contributed by atoms with E-state index < -0.39 is 7.82 Å². The number of nitrogens with zero attached hydrogens (tertiary/aromatic N) is 1. The highest BCUT2D eigenvalue weighted by Gasteiger charge is 2.01. The van der Waals surface area contributed by atoms with Crippen LogP contribution in [0.1, 0.15) is 19.8 Å². The third-order valence-electron chi connectivity index (χ3n) is 1.66. The van der Waals surface area contributed by atoms with Crippen molar-refractivity contribution in [2.75, 3.05) is 32.8 Å². The van der Waals surface area contributed by atoms with Crippen LogP contribution in [0.2, 0.25) is 0 Å². The predicted octanol–water partition coefficient (Wildman–Crippen LogP) is -0.855. The Balaban J connectivity index is 0. The molecule has 0 rings (SSSR count).